The summed E-state index contributed by atoms with van der Waals surface area (Å²) in [7, 11) is 1.59. The van der Waals surface area contributed by atoms with Gasteiger partial charge in [-0.3, -0.25) is 19.3 Å². The van der Waals surface area contributed by atoms with Crippen molar-refractivity contribution < 1.29 is 19.1 Å². The molecule has 0 fully saturated rings. The zero-order chi connectivity index (χ0) is 16.1. The second kappa shape index (κ2) is 7.38. The quantitative estimate of drug-likeness (QED) is 0.609. The lowest BCUT2D eigenvalue weighted by Gasteiger charge is -2.13. The molecule has 1 aliphatic heterocycles. The average Bonchev–Trinajstić information content (AvgIpc) is 2.73. The lowest BCUT2D eigenvalue weighted by molar-refractivity contribution is -0.121. The van der Waals surface area contributed by atoms with E-state index in [-0.39, 0.29) is 30.3 Å². The standard InChI is InChI=1S/C15H17ClN2O4/c1-22-8-2-6-17-13(19)5-7-18-14(20)11-4-3-10(16)9-12(11)15(18)21/h3-4,9H,2,5-8H2,1H3,(H,17,19). The number of ether oxygens (including phenoxy) is 1. The third kappa shape index (κ3) is 3.64. The molecule has 0 aliphatic carbocycles. The van der Waals surface area contributed by atoms with E-state index in [0.29, 0.717) is 30.2 Å². The van der Waals surface area contributed by atoms with E-state index in [0.717, 1.165) is 4.90 Å². The van der Waals surface area contributed by atoms with Crippen LogP contribution < -0.4 is 5.32 Å². The summed E-state index contributed by atoms with van der Waals surface area (Å²) in [5.41, 5.74) is 0.618. The molecule has 0 bridgehead atoms. The Labute approximate surface area is 133 Å². The highest BCUT2D eigenvalue weighted by molar-refractivity contribution is 6.32. The molecule has 0 saturated heterocycles. The summed E-state index contributed by atoms with van der Waals surface area (Å²) in [4.78, 5) is 37.1. The number of hydrogen-bond donors (Lipinski definition) is 1. The second-order valence-electron chi connectivity index (χ2n) is 4.90. The highest BCUT2D eigenvalue weighted by atomic mass is 35.5. The molecule has 6 nitrogen and oxygen atoms in total. The number of amides is 3. The molecule has 1 heterocycles. The lowest BCUT2D eigenvalue weighted by atomic mass is 10.1. The molecular formula is C15H17ClN2O4. The molecule has 0 atom stereocenters. The highest BCUT2D eigenvalue weighted by Crippen LogP contribution is 2.25. The number of benzene rings is 1. The molecule has 0 spiro atoms. The summed E-state index contributed by atoms with van der Waals surface area (Å²) < 4.78 is 4.88. The van der Waals surface area contributed by atoms with Gasteiger partial charge in [-0.25, -0.2) is 0 Å². The van der Waals surface area contributed by atoms with Crippen LogP contribution in [0.15, 0.2) is 18.2 Å². The van der Waals surface area contributed by atoms with Crippen molar-refractivity contribution in [2.75, 3.05) is 26.8 Å². The van der Waals surface area contributed by atoms with Crippen LogP contribution >= 0.6 is 11.6 Å². The Morgan fingerprint density at radius 1 is 1.27 bits per heavy atom. The Morgan fingerprint density at radius 2 is 2.00 bits per heavy atom. The second-order valence-corrected chi connectivity index (χ2v) is 5.33. The predicted molar refractivity (Wildman–Crippen MR) is 80.9 cm³/mol. The fraction of sp³-hybridized carbons (Fsp3) is 0.400. The number of imide groups is 1. The van der Waals surface area contributed by atoms with Crippen molar-refractivity contribution in [1.29, 1.82) is 0 Å². The topological polar surface area (TPSA) is 75.7 Å². The van der Waals surface area contributed by atoms with Crippen LogP contribution in [-0.4, -0.2) is 49.4 Å². The number of halogens is 1. The SMILES string of the molecule is COCCCNC(=O)CCN1C(=O)c2ccc(Cl)cc2C1=O. The number of nitrogens with one attached hydrogen (secondary N) is 1. The Hall–Kier alpha value is -1.92. The van der Waals surface area contributed by atoms with Crippen molar-refractivity contribution in [3.05, 3.63) is 34.3 Å². The Bertz CT molecular complexity index is 603. The first-order valence-electron chi connectivity index (χ1n) is 6.96. The molecule has 118 valence electrons. The van der Waals surface area contributed by atoms with E-state index in [2.05, 4.69) is 5.32 Å². The van der Waals surface area contributed by atoms with E-state index >= 15 is 0 Å². The number of carbonyl (C=O) groups excluding carboxylic acids is 3. The third-order valence-electron chi connectivity index (χ3n) is 3.34. The Balaban J connectivity index is 1.88. The Kier molecular flexibility index (Phi) is 5.51. The molecule has 3 amide bonds. The van der Waals surface area contributed by atoms with E-state index in [9.17, 15) is 14.4 Å². The van der Waals surface area contributed by atoms with E-state index in [4.69, 9.17) is 16.3 Å². The van der Waals surface area contributed by atoms with Crippen molar-refractivity contribution in [1.82, 2.24) is 10.2 Å². The molecule has 0 unspecified atom stereocenters. The first-order chi connectivity index (χ1) is 10.5. The van der Waals surface area contributed by atoms with E-state index in [1.54, 1.807) is 13.2 Å². The van der Waals surface area contributed by atoms with Gasteiger partial charge in [-0.05, 0) is 24.6 Å². The molecule has 22 heavy (non-hydrogen) atoms. The monoisotopic (exact) mass is 324 g/mol. The fourth-order valence-electron chi connectivity index (χ4n) is 2.21. The maximum atomic E-state index is 12.2. The predicted octanol–water partition coefficient (Wildman–Crippen LogP) is 1.48. The summed E-state index contributed by atoms with van der Waals surface area (Å²) in [6.45, 7) is 1.13. The summed E-state index contributed by atoms with van der Waals surface area (Å²) in [6, 6.07) is 4.57. The molecule has 7 heteroatoms. The van der Waals surface area contributed by atoms with Gasteiger partial charge in [0.25, 0.3) is 11.8 Å². The molecule has 0 radical (unpaired) electrons. The zero-order valence-corrected chi connectivity index (χ0v) is 13.0. The molecular weight excluding hydrogens is 308 g/mol. The first kappa shape index (κ1) is 16.5. The van der Waals surface area contributed by atoms with E-state index in [1.807, 2.05) is 0 Å². The van der Waals surface area contributed by atoms with Gasteiger partial charge in [-0.2, -0.15) is 0 Å². The highest BCUT2D eigenvalue weighted by Gasteiger charge is 2.35. The van der Waals surface area contributed by atoms with Gasteiger partial charge in [0.15, 0.2) is 0 Å². The van der Waals surface area contributed by atoms with Crippen LogP contribution in [0.25, 0.3) is 0 Å². The average molecular weight is 325 g/mol. The maximum absolute atomic E-state index is 12.2. The normalized spacial score (nSPS) is 13.5. The van der Waals surface area contributed by atoms with Crippen molar-refractivity contribution in [2.24, 2.45) is 0 Å². The van der Waals surface area contributed by atoms with Crippen molar-refractivity contribution in [3.63, 3.8) is 0 Å². The van der Waals surface area contributed by atoms with Crippen molar-refractivity contribution in [3.8, 4) is 0 Å². The van der Waals surface area contributed by atoms with Gasteiger partial charge in [0.05, 0.1) is 11.1 Å². The summed E-state index contributed by atoms with van der Waals surface area (Å²) in [5, 5.41) is 3.11. The minimum Gasteiger partial charge on any atom is -0.385 e. The van der Waals surface area contributed by atoms with Gasteiger partial charge in [0.2, 0.25) is 5.91 Å². The summed E-state index contributed by atoms with van der Waals surface area (Å²) >= 11 is 5.84. The Morgan fingerprint density at radius 3 is 2.73 bits per heavy atom. The first-order valence-corrected chi connectivity index (χ1v) is 7.33. The number of nitrogens with zero attached hydrogens (tertiary/aromatic N) is 1. The van der Waals surface area contributed by atoms with Crippen molar-refractivity contribution in [2.45, 2.75) is 12.8 Å². The van der Waals surface area contributed by atoms with Crippen LogP contribution in [0.4, 0.5) is 0 Å². The van der Waals surface area contributed by atoms with Crippen LogP contribution in [0.3, 0.4) is 0 Å². The smallest absolute Gasteiger partial charge is 0.261 e. The molecule has 1 aromatic rings. The summed E-state index contributed by atoms with van der Waals surface area (Å²) in [6.07, 6.45) is 0.792. The van der Waals surface area contributed by atoms with Gasteiger partial charge < -0.3 is 10.1 Å². The number of rotatable bonds is 7. The minimum absolute atomic E-state index is 0.0556. The van der Waals surface area contributed by atoms with Crippen LogP contribution in [0.2, 0.25) is 5.02 Å². The minimum atomic E-state index is -0.408. The molecule has 1 aliphatic rings. The lowest BCUT2D eigenvalue weighted by Crippen LogP contribution is -2.35. The largest absolute Gasteiger partial charge is 0.385 e. The number of methoxy groups -OCH3 is 1. The van der Waals surface area contributed by atoms with Gasteiger partial charge in [0, 0.05) is 38.2 Å². The molecule has 2 rings (SSSR count). The van der Waals surface area contributed by atoms with Crippen molar-refractivity contribution >= 4 is 29.3 Å². The van der Waals surface area contributed by atoms with Gasteiger partial charge in [-0.1, -0.05) is 11.6 Å². The molecule has 1 aromatic carbocycles. The van der Waals surface area contributed by atoms with Crippen LogP contribution in [0, 0.1) is 0 Å². The third-order valence-corrected chi connectivity index (χ3v) is 3.58. The molecule has 1 N–H and O–H groups in total. The zero-order valence-electron chi connectivity index (χ0n) is 12.2. The number of hydrogen-bond acceptors (Lipinski definition) is 4. The van der Waals surface area contributed by atoms with Gasteiger partial charge in [0.1, 0.15) is 0 Å². The van der Waals surface area contributed by atoms with E-state index < -0.39 is 5.91 Å². The molecule has 0 saturated carbocycles. The fourth-order valence-corrected chi connectivity index (χ4v) is 2.38. The van der Waals surface area contributed by atoms with E-state index in [1.165, 1.54) is 12.1 Å². The summed E-state index contributed by atoms with van der Waals surface area (Å²) in [5.74, 6) is -0.996. The number of carbonyl (C=O) groups is 3. The van der Waals surface area contributed by atoms with Crippen LogP contribution in [0.5, 0.6) is 0 Å². The van der Waals surface area contributed by atoms with Crippen LogP contribution in [-0.2, 0) is 9.53 Å². The molecule has 0 aromatic heterocycles. The van der Waals surface area contributed by atoms with Gasteiger partial charge in [-0.15, -0.1) is 0 Å². The van der Waals surface area contributed by atoms with Gasteiger partial charge >= 0.3 is 0 Å². The maximum Gasteiger partial charge on any atom is 0.261 e. The number of fused-ring (bicyclic) bond motifs is 1. The van der Waals surface area contributed by atoms with Crippen LogP contribution in [0.1, 0.15) is 33.6 Å².